The zero-order valence-corrected chi connectivity index (χ0v) is 10.5. The Morgan fingerprint density at radius 3 is 2.39 bits per heavy atom. The van der Waals surface area contributed by atoms with Gasteiger partial charge in [-0.2, -0.15) is 0 Å². The lowest BCUT2D eigenvalue weighted by Crippen LogP contribution is -2.62. The van der Waals surface area contributed by atoms with Crippen LogP contribution in [0.5, 0.6) is 0 Å². The predicted octanol–water partition coefficient (Wildman–Crippen LogP) is -1.62. The standard InChI is InChI=1S/C12H20N4O2/c17-11-2-1-10(14-11)12(18)16-5-3-15(4-6-16)9-7-13-8-9/h9-10,13H,1-8H2,(H,14,17). The second kappa shape index (κ2) is 4.85. The molecule has 3 aliphatic heterocycles. The number of nitrogens with zero attached hydrogens (tertiary/aromatic N) is 2. The highest BCUT2D eigenvalue weighted by Gasteiger charge is 2.34. The molecule has 0 radical (unpaired) electrons. The second-order valence-corrected chi connectivity index (χ2v) is 5.33. The van der Waals surface area contributed by atoms with E-state index in [1.54, 1.807) is 0 Å². The molecule has 6 nitrogen and oxygen atoms in total. The van der Waals surface area contributed by atoms with Gasteiger partial charge in [-0.05, 0) is 6.42 Å². The average Bonchev–Trinajstić information content (AvgIpc) is 2.74. The first-order valence-corrected chi connectivity index (χ1v) is 6.77. The second-order valence-electron chi connectivity index (χ2n) is 5.33. The van der Waals surface area contributed by atoms with Gasteiger partial charge in [0.25, 0.3) is 0 Å². The summed E-state index contributed by atoms with van der Waals surface area (Å²) in [5.41, 5.74) is 0. The lowest BCUT2D eigenvalue weighted by Gasteiger charge is -2.43. The van der Waals surface area contributed by atoms with E-state index in [0.717, 1.165) is 39.3 Å². The number of piperazine rings is 1. The van der Waals surface area contributed by atoms with Crippen LogP contribution in [0.25, 0.3) is 0 Å². The Balaban J connectivity index is 1.49. The molecule has 0 bridgehead atoms. The Morgan fingerprint density at radius 2 is 1.89 bits per heavy atom. The highest BCUT2D eigenvalue weighted by molar-refractivity contribution is 5.90. The zero-order valence-electron chi connectivity index (χ0n) is 10.5. The summed E-state index contributed by atoms with van der Waals surface area (Å²) in [5, 5.41) is 6.03. The van der Waals surface area contributed by atoms with Crippen molar-refractivity contribution in [3.63, 3.8) is 0 Å². The molecule has 3 rings (SSSR count). The number of hydrogen-bond acceptors (Lipinski definition) is 4. The minimum atomic E-state index is -0.269. The monoisotopic (exact) mass is 252 g/mol. The summed E-state index contributed by atoms with van der Waals surface area (Å²) in [7, 11) is 0. The van der Waals surface area contributed by atoms with Crippen molar-refractivity contribution in [2.24, 2.45) is 0 Å². The van der Waals surface area contributed by atoms with E-state index >= 15 is 0 Å². The molecule has 3 aliphatic rings. The molecule has 0 aromatic carbocycles. The summed E-state index contributed by atoms with van der Waals surface area (Å²) in [5.74, 6) is 0.111. The Bertz CT molecular complexity index is 348. The fourth-order valence-electron chi connectivity index (χ4n) is 2.86. The Kier molecular flexibility index (Phi) is 3.22. The molecular weight excluding hydrogens is 232 g/mol. The molecule has 6 heteroatoms. The van der Waals surface area contributed by atoms with Crippen LogP contribution in [0.15, 0.2) is 0 Å². The van der Waals surface area contributed by atoms with E-state index in [0.29, 0.717) is 18.9 Å². The summed E-state index contributed by atoms with van der Waals surface area (Å²) >= 11 is 0. The minimum Gasteiger partial charge on any atom is -0.344 e. The maximum atomic E-state index is 12.2. The Labute approximate surface area is 107 Å². The van der Waals surface area contributed by atoms with Gasteiger partial charge in [0.1, 0.15) is 6.04 Å². The molecule has 100 valence electrons. The van der Waals surface area contributed by atoms with Crippen LogP contribution in [0.4, 0.5) is 0 Å². The van der Waals surface area contributed by atoms with Crippen molar-refractivity contribution in [2.45, 2.75) is 24.9 Å². The van der Waals surface area contributed by atoms with E-state index in [4.69, 9.17) is 0 Å². The summed E-state index contributed by atoms with van der Waals surface area (Å²) in [6, 6.07) is 0.392. The molecule has 3 heterocycles. The van der Waals surface area contributed by atoms with Crippen LogP contribution in [-0.4, -0.2) is 73.0 Å². The summed E-state index contributed by atoms with van der Waals surface area (Å²) in [6.45, 7) is 5.65. The van der Waals surface area contributed by atoms with Crippen LogP contribution >= 0.6 is 0 Å². The van der Waals surface area contributed by atoms with Crippen LogP contribution in [0.2, 0.25) is 0 Å². The highest BCUT2D eigenvalue weighted by Crippen LogP contribution is 2.14. The van der Waals surface area contributed by atoms with Gasteiger partial charge in [0, 0.05) is 51.7 Å². The molecule has 2 amide bonds. The molecule has 0 spiro atoms. The van der Waals surface area contributed by atoms with Crippen molar-refractivity contribution in [1.29, 1.82) is 0 Å². The number of carbonyl (C=O) groups is 2. The molecule has 3 fully saturated rings. The Morgan fingerprint density at radius 1 is 1.17 bits per heavy atom. The van der Waals surface area contributed by atoms with Gasteiger partial charge < -0.3 is 15.5 Å². The van der Waals surface area contributed by atoms with E-state index in [2.05, 4.69) is 15.5 Å². The van der Waals surface area contributed by atoms with Gasteiger partial charge in [0.05, 0.1) is 0 Å². The quantitative estimate of drug-likeness (QED) is 0.620. The minimum absolute atomic E-state index is 0.00697. The molecule has 2 N–H and O–H groups in total. The number of hydrogen-bond donors (Lipinski definition) is 2. The summed E-state index contributed by atoms with van der Waals surface area (Å²) < 4.78 is 0. The average molecular weight is 252 g/mol. The van der Waals surface area contributed by atoms with Crippen molar-refractivity contribution >= 4 is 11.8 Å². The Hall–Kier alpha value is -1.14. The first kappa shape index (κ1) is 11.9. The molecule has 18 heavy (non-hydrogen) atoms. The van der Waals surface area contributed by atoms with Crippen molar-refractivity contribution in [3.8, 4) is 0 Å². The maximum Gasteiger partial charge on any atom is 0.245 e. The molecule has 1 atom stereocenters. The van der Waals surface area contributed by atoms with Crippen molar-refractivity contribution < 1.29 is 9.59 Å². The number of rotatable bonds is 2. The molecule has 0 aromatic rings. The molecule has 0 aromatic heterocycles. The molecular formula is C12H20N4O2. The van der Waals surface area contributed by atoms with Gasteiger partial charge in [-0.1, -0.05) is 0 Å². The van der Waals surface area contributed by atoms with Gasteiger partial charge in [-0.25, -0.2) is 0 Å². The number of carbonyl (C=O) groups excluding carboxylic acids is 2. The van der Waals surface area contributed by atoms with Gasteiger partial charge >= 0.3 is 0 Å². The predicted molar refractivity (Wildman–Crippen MR) is 66.0 cm³/mol. The van der Waals surface area contributed by atoms with E-state index < -0.39 is 0 Å². The van der Waals surface area contributed by atoms with Crippen LogP contribution in [0, 0.1) is 0 Å². The van der Waals surface area contributed by atoms with E-state index in [9.17, 15) is 9.59 Å². The van der Waals surface area contributed by atoms with Crippen LogP contribution in [0.1, 0.15) is 12.8 Å². The van der Waals surface area contributed by atoms with E-state index in [1.807, 2.05) is 4.90 Å². The van der Waals surface area contributed by atoms with Crippen molar-refractivity contribution in [2.75, 3.05) is 39.3 Å². The largest absolute Gasteiger partial charge is 0.344 e. The third-order valence-electron chi connectivity index (χ3n) is 4.20. The summed E-state index contributed by atoms with van der Waals surface area (Å²) in [6.07, 6.45) is 1.15. The van der Waals surface area contributed by atoms with Gasteiger partial charge in [-0.3, -0.25) is 14.5 Å². The van der Waals surface area contributed by atoms with Crippen molar-refractivity contribution in [3.05, 3.63) is 0 Å². The summed E-state index contributed by atoms with van der Waals surface area (Å²) in [4.78, 5) is 27.7. The lowest BCUT2D eigenvalue weighted by molar-refractivity contribution is -0.136. The first-order valence-electron chi connectivity index (χ1n) is 6.77. The van der Waals surface area contributed by atoms with Gasteiger partial charge in [0.2, 0.25) is 11.8 Å². The van der Waals surface area contributed by atoms with Crippen molar-refractivity contribution in [1.82, 2.24) is 20.4 Å². The van der Waals surface area contributed by atoms with Gasteiger partial charge in [0.15, 0.2) is 0 Å². The smallest absolute Gasteiger partial charge is 0.245 e. The van der Waals surface area contributed by atoms with Crippen LogP contribution in [0.3, 0.4) is 0 Å². The fourth-order valence-corrected chi connectivity index (χ4v) is 2.86. The molecule has 3 saturated heterocycles. The number of amides is 2. The van der Waals surface area contributed by atoms with Gasteiger partial charge in [-0.15, -0.1) is 0 Å². The number of nitrogens with one attached hydrogen (secondary N) is 2. The highest BCUT2D eigenvalue weighted by atomic mass is 16.2. The SMILES string of the molecule is O=C1CCC(C(=O)N2CCN(C3CNC3)CC2)N1. The van der Waals surface area contributed by atoms with E-state index in [1.165, 1.54) is 0 Å². The van der Waals surface area contributed by atoms with Crippen LogP contribution in [-0.2, 0) is 9.59 Å². The zero-order chi connectivity index (χ0) is 12.5. The molecule has 0 aliphatic carbocycles. The maximum absolute atomic E-state index is 12.2. The van der Waals surface area contributed by atoms with Crippen LogP contribution < -0.4 is 10.6 Å². The normalized spacial score (nSPS) is 30.1. The first-order chi connectivity index (χ1) is 8.74. The van der Waals surface area contributed by atoms with E-state index in [-0.39, 0.29) is 17.9 Å². The third kappa shape index (κ3) is 2.22. The fraction of sp³-hybridized carbons (Fsp3) is 0.833. The molecule has 0 saturated carbocycles. The lowest BCUT2D eigenvalue weighted by atomic mass is 10.1. The molecule has 1 unspecified atom stereocenters. The third-order valence-corrected chi connectivity index (χ3v) is 4.20. The topological polar surface area (TPSA) is 64.7 Å².